The normalized spacial score (nSPS) is 10.9. The third-order valence-electron chi connectivity index (χ3n) is 3.85. The number of aryl methyl sites for hydroxylation is 1. The molecular weight excluding hydrogens is 404 g/mol. The first-order valence-corrected chi connectivity index (χ1v) is 10.2. The van der Waals surface area contributed by atoms with Crippen LogP contribution in [-0.4, -0.2) is 28.2 Å². The van der Waals surface area contributed by atoms with E-state index in [0.29, 0.717) is 27.8 Å². The van der Waals surface area contributed by atoms with Gasteiger partial charge in [0.15, 0.2) is 0 Å². The Hall–Kier alpha value is -2.52. The van der Waals surface area contributed by atoms with Gasteiger partial charge in [-0.2, -0.15) is 0 Å². The van der Waals surface area contributed by atoms with Crippen LogP contribution in [-0.2, 0) is 17.6 Å². The lowest BCUT2D eigenvalue weighted by Gasteiger charge is -2.03. The summed E-state index contributed by atoms with van der Waals surface area (Å²) in [5, 5.41) is 5.72. The standard InChI is InChI=1S/C19H17F2N3O2S2/c1-3-22-19(26)17-18(28-10(2)23-17)15-9-27-16(24-15)8-11(25)7-12-13(20)5-4-6-14(12)21/h4-6,9H,3,7-8H2,1-2H3,(H,22,26). The molecule has 0 saturated carbocycles. The molecule has 0 bridgehead atoms. The van der Waals surface area contributed by atoms with Crippen molar-refractivity contribution in [2.24, 2.45) is 0 Å². The number of nitrogens with one attached hydrogen (secondary N) is 1. The molecule has 3 rings (SSSR count). The number of benzene rings is 1. The fraction of sp³-hybridized carbons (Fsp3) is 0.263. The van der Waals surface area contributed by atoms with Gasteiger partial charge >= 0.3 is 0 Å². The van der Waals surface area contributed by atoms with E-state index in [1.807, 2.05) is 6.92 Å². The van der Waals surface area contributed by atoms with Gasteiger partial charge in [0.1, 0.15) is 28.1 Å². The highest BCUT2D eigenvalue weighted by atomic mass is 32.1. The number of ketones is 1. The average molecular weight is 421 g/mol. The van der Waals surface area contributed by atoms with E-state index in [1.165, 1.54) is 28.7 Å². The van der Waals surface area contributed by atoms with Crippen molar-refractivity contribution >= 4 is 34.4 Å². The Balaban J connectivity index is 1.76. The highest BCUT2D eigenvalue weighted by Crippen LogP contribution is 2.31. The first kappa shape index (κ1) is 20.2. The monoisotopic (exact) mass is 421 g/mol. The number of hydrogen-bond acceptors (Lipinski definition) is 6. The van der Waals surface area contributed by atoms with Crippen LogP contribution in [0, 0.1) is 18.6 Å². The van der Waals surface area contributed by atoms with Crippen LogP contribution in [0.25, 0.3) is 10.6 Å². The number of carbonyl (C=O) groups excluding carboxylic acids is 2. The predicted molar refractivity (Wildman–Crippen MR) is 105 cm³/mol. The fourth-order valence-electron chi connectivity index (χ4n) is 2.62. The molecule has 146 valence electrons. The highest BCUT2D eigenvalue weighted by Gasteiger charge is 2.21. The van der Waals surface area contributed by atoms with Crippen LogP contribution in [0.1, 0.15) is 33.0 Å². The molecule has 0 fully saturated rings. The summed E-state index contributed by atoms with van der Waals surface area (Å²) in [6.07, 6.45) is -0.371. The molecule has 0 aliphatic carbocycles. The molecule has 0 spiro atoms. The number of thiazole rings is 2. The maximum Gasteiger partial charge on any atom is 0.271 e. The van der Waals surface area contributed by atoms with Gasteiger partial charge in [0.05, 0.1) is 22.0 Å². The Morgan fingerprint density at radius 1 is 1.14 bits per heavy atom. The third kappa shape index (κ3) is 4.48. The summed E-state index contributed by atoms with van der Waals surface area (Å²) in [4.78, 5) is 33.8. The summed E-state index contributed by atoms with van der Waals surface area (Å²) in [7, 11) is 0. The van der Waals surface area contributed by atoms with Gasteiger partial charge in [-0.3, -0.25) is 9.59 Å². The van der Waals surface area contributed by atoms with Gasteiger partial charge in [0.2, 0.25) is 0 Å². The summed E-state index contributed by atoms with van der Waals surface area (Å²) in [5.74, 6) is -2.09. The molecule has 9 heteroatoms. The lowest BCUT2D eigenvalue weighted by atomic mass is 10.1. The van der Waals surface area contributed by atoms with Crippen molar-refractivity contribution in [2.45, 2.75) is 26.7 Å². The van der Waals surface area contributed by atoms with E-state index in [0.717, 1.165) is 17.1 Å². The highest BCUT2D eigenvalue weighted by molar-refractivity contribution is 7.16. The second kappa shape index (κ2) is 8.66. The van der Waals surface area contributed by atoms with E-state index in [-0.39, 0.29) is 30.1 Å². The average Bonchev–Trinajstić information content (AvgIpc) is 3.25. The summed E-state index contributed by atoms with van der Waals surface area (Å²) < 4.78 is 27.4. The maximum absolute atomic E-state index is 13.7. The summed E-state index contributed by atoms with van der Waals surface area (Å²) in [5.41, 5.74) is 0.638. The Bertz CT molecular complexity index is 1010. The minimum atomic E-state index is -0.736. The molecule has 28 heavy (non-hydrogen) atoms. The fourth-order valence-corrected chi connectivity index (χ4v) is 4.39. The van der Waals surface area contributed by atoms with E-state index in [4.69, 9.17) is 0 Å². The zero-order valence-electron chi connectivity index (χ0n) is 15.2. The van der Waals surface area contributed by atoms with Crippen molar-refractivity contribution in [3.63, 3.8) is 0 Å². The van der Waals surface area contributed by atoms with Crippen molar-refractivity contribution in [2.75, 3.05) is 6.54 Å². The first-order chi connectivity index (χ1) is 13.4. The second-order valence-corrected chi connectivity index (χ2v) is 8.13. The van der Waals surface area contributed by atoms with Crippen molar-refractivity contribution < 1.29 is 18.4 Å². The summed E-state index contributed by atoms with van der Waals surface area (Å²) in [6.45, 7) is 4.11. The lowest BCUT2D eigenvalue weighted by Crippen LogP contribution is -2.23. The van der Waals surface area contributed by atoms with Crippen LogP contribution in [0.15, 0.2) is 23.6 Å². The van der Waals surface area contributed by atoms with Gasteiger partial charge in [0.25, 0.3) is 5.91 Å². The SMILES string of the molecule is CCNC(=O)c1nc(C)sc1-c1csc(CC(=O)Cc2c(F)cccc2F)n1. The molecule has 0 radical (unpaired) electrons. The number of halogens is 2. The molecule has 0 saturated heterocycles. The number of nitrogens with zero attached hydrogens (tertiary/aromatic N) is 2. The number of amides is 1. The number of Topliss-reactive ketones (excluding diaryl/α,β-unsaturated/α-hetero) is 1. The molecular formula is C19H17F2N3O2S2. The van der Waals surface area contributed by atoms with Crippen LogP contribution >= 0.6 is 22.7 Å². The summed E-state index contributed by atoms with van der Waals surface area (Å²) >= 11 is 2.61. The Morgan fingerprint density at radius 2 is 1.86 bits per heavy atom. The van der Waals surface area contributed by atoms with Crippen molar-refractivity contribution in [1.29, 1.82) is 0 Å². The molecule has 0 aliphatic rings. The first-order valence-electron chi connectivity index (χ1n) is 8.54. The zero-order valence-corrected chi connectivity index (χ0v) is 16.8. The van der Waals surface area contributed by atoms with Crippen molar-refractivity contribution in [3.8, 4) is 10.6 Å². The Kier molecular flexibility index (Phi) is 6.25. The number of rotatable bonds is 7. The van der Waals surface area contributed by atoms with Gasteiger partial charge in [-0.05, 0) is 26.0 Å². The topological polar surface area (TPSA) is 72.0 Å². The van der Waals surface area contributed by atoms with Crippen LogP contribution in [0.5, 0.6) is 0 Å². The van der Waals surface area contributed by atoms with Crippen LogP contribution in [0.2, 0.25) is 0 Å². The molecule has 2 heterocycles. The number of carbonyl (C=O) groups is 2. The van der Waals surface area contributed by atoms with Gasteiger partial charge in [-0.25, -0.2) is 18.7 Å². The van der Waals surface area contributed by atoms with Crippen molar-refractivity contribution in [1.82, 2.24) is 15.3 Å². The third-order valence-corrected chi connectivity index (χ3v) is 5.70. The Labute approximate surface area is 168 Å². The van der Waals surface area contributed by atoms with Gasteiger partial charge in [-0.15, -0.1) is 22.7 Å². The Morgan fingerprint density at radius 3 is 2.54 bits per heavy atom. The van der Waals surface area contributed by atoms with E-state index in [9.17, 15) is 18.4 Å². The van der Waals surface area contributed by atoms with Crippen molar-refractivity contribution in [3.05, 3.63) is 56.5 Å². The summed E-state index contributed by atoms with van der Waals surface area (Å²) in [6, 6.07) is 3.51. The van der Waals surface area contributed by atoms with E-state index >= 15 is 0 Å². The zero-order chi connectivity index (χ0) is 20.3. The van der Waals surface area contributed by atoms with E-state index < -0.39 is 11.6 Å². The van der Waals surface area contributed by atoms with Crippen LogP contribution in [0.3, 0.4) is 0 Å². The maximum atomic E-state index is 13.7. The van der Waals surface area contributed by atoms with E-state index in [2.05, 4.69) is 15.3 Å². The number of aromatic nitrogens is 2. The predicted octanol–water partition coefficient (Wildman–Crippen LogP) is 3.96. The quantitative estimate of drug-likeness (QED) is 0.627. The van der Waals surface area contributed by atoms with Gasteiger partial charge in [-0.1, -0.05) is 6.07 Å². The lowest BCUT2D eigenvalue weighted by molar-refractivity contribution is -0.117. The molecule has 2 aromatic heterocycles. The minimum Gasteiger partial charge on any atom is -0.351 e. The molecule has 1 aromatic carbocycles. The van der Waals surface area contributed by atoms with Gasteiger partial charge < -0.3 is 5.32 Å². The molecule has 1 amide bonds. The molecule has 5 nitrogen and oxygen atoms in total. The van der Waals surface area contributed by atoms with Gasteiger partial charge in [0, 0.05) is 23.9 Å². The molecule has 0 atom stereocenters. The van der Waals surface area contributed by atoms with Crippen LogP contribution in [0.4, 0.5) is 8.78 Å². The number of hydrogen-bond donors (Lipinski definition) is 1. The minimum absolute atomic E-state index is 0.0350. The molecule has 3 aromatic rings. The molecule has 0 unspecified atom stereocenters. The molecule has 0 aliphatic heterocycles. The van der Waals surface area contributed by atoms with E-state index in [1.54, 1.807) is 12.3 Å². The van der Waals surface area contributed by atoms with Crippen LogP contribution < -0.4 is 5.32 Å². The largest absolute Gasteiger partial charge is 0.351 e. The molecule has 1 N–H and O–H groups in total. The smallest absolute Gasteiger partial charge is 0.271 e. The second-order valence-electron chi connectivity index (χ2n) is 5.99.